The van der Waals surface area contributed by atoms with Crippen LogP contribution in [0.1, 0.15) is 11.1 Å². The lowest BCUT2D eigenvalue weighted by molar-refractivity contribution is -0.131. The van der Waals surface area contributed by atoms with Crippen molar-refractivity contribution in [2.24, 2.45) is 0 Å². The van der Waals surface area contributed by atoms with E-state index in [0.717, 1.165) is 27.4 Å². The lowest BCUT2D eigenvalue weighted by Crippen LogP contribution is -1.98. The van der Waals surface area contributed by atoms with Gasteiger partial charge in [0.25, 0.3) is 0 Å². The Labute approximate surface area is 113 Å². The van der Waals surface area contributed by atoms with Gasteiger partial charge in [0.1, 0.15) is 0 Å². The summed E-state index contributed by atoms with van der Waals surface area (Å²) in [6.45, 7) is 1.96. The highest BCUT2D eigenvalue weighted by molar-refractivity contribution is 9.10. The van der Waals surface area contributed by atoms with E-state index in [0.29, 0.717) is 0 Å². The average molecular weight is 307 g/mol. The van der Waals surface area contributed by atoms with E-state index in [4.69, 9.17) is 5.11 Å². The first-order valence-electron chi connectivity index (χ1n) is 5.28. The number of carboxylic acids is 1. The molecule has 0 saturated carbocycles. The molecule has 0 aliphatic rings. The van der Waals surface area contributed by atoms with Gasteiger partial charge in [0.15, 0.2) is 0 Å². The van der Waals surface area contributed by atoms with Crippen molar-refractivity contribution in [2.75, 3.05) is 0 Å². The number of carbonyl (C=O) groups is 1. The van der Waals surface area contributed by atoms with Crippen LogP contribution < -0.4 is 0 Å². The summed E-state index contributed by atoms with van der Waals surface area (Å²) < 4.78 is 2.57. The average Bonchev–Trinajstić information content (AvgIpc) is 2.73. The van der Waals surface area contributed by atoms with Crippen molar-refractivity contribution >= 4 is 28.0 Å². The summed E-state index contributed by atoms with van der Waals surface area (Å²) in [4.78, 5) is 10.6. The third kappa shape index (κ3) is 2.87. The zero-order chi connectivity index (χ0) is 13.1. The first-order chi connectivity index (χ1) is 8.56. The number of aromatic nitrogens is 2. The smallest absolute Gasteiger partial charge is 0.328 e. The maximum absolute atomic E-state index is 10.6. The first kappa shape index (κ1) is 12.6. The predicted octanol–water partition coefficient (Wildman–Crippen LogP) is 3.04. The van der Waals surface area contributed by atoms with Crippen LogP contribution in [0.25, 0.3) is 11.8 Å². The van der Waals surface area contributed by atoms with E-state index in [1.54, 1.807) is 17.0 Å². The van der Waals surface area contributed by atoms with Crippen LogP contribution in [-0.4, -0.2) is 20.9 Å². The summed E-state index contributed by atoms with van der Waals surface area (Å²) in [6.07, 6.45) is 6.20. The minimum absolute atomic E-state index is 0.813. The molecule has 2 aromatic rings. The topological polar surface area (TPSA) is 55.1 Å². The van der Waals surface area contributed by atoms with Crippen LogP contribution >= 0.6 is 15.9 Å². The second-order valence-corrected chi connectivity index (χ2v) is 4.75. The number of hydrogen-bond acceptors (Lipinski definition) is 2. The van der Waals surface area contributed by atoms with Crippen LogP contribution in [0.5, 0.6) is 0 Å². The largest absolute Gasteiger partial charge is 0.478 e. The monoisotopic (exact) mass is 306 g/mol. The van der Waals surface area contributed by atoms with E-state index in [2.05, 4.69) is 21.0 Å². The molecular weight excluding hydrogens is 296 g/mol. The minimum atomic E-state index is -0.968. The Kier molecular flexibility index (Phi) is 3.62. The highest BCUT2D eigenvalue weighted by Crippen LogP contribution is 2.19. The first-order valence-corrected chi connectivity index (χ1v) is 6.08. The summed E-state index contributed by atoms with van der Waals surface area (Å²) in [5, 5.41) is 12.9. The van der Waals surface area contributed by atoms with E-state index >= 15 is 0 Å². The number of nitrogens with zero attached hydrogens (tertiary/aromatic N) is 2. The zero-order valence-corrected chi connectivity index (χ0v) is 11.3. The third-order valence-electron chi connectivity index (χ3n) is 2.39. The number of aryl methyl sites for hydroxylation is 1. The molecule has 0 saturated heterocycles. The van der Waals surface area contributed by atoms with Crippen molar-refractivity contribution in [3.8, 4) is 5.69 Å². The van der Waals surface area contributed by atoms with Gasteiger partial charge >= 0.3 is 5.97 Å². The van der Waals surface area contributed by atoms with Crippen LogP contribution in [0.2, 0.25) is 0 Å². The molecule has 1 aromatic carbocycles. The molecule has 0 amide bonds. The van der Waals surface area contributed by atoms with Gasteiger partial charge in [0.05, 0.1) is 16.4 Å². The standard InChI is InChI=1S/C13H11BrN2O2/c1-9-2-4-12(16-8-11(14)7-15-16)10(6-9)3-5-13(17)18/h2-8H,1H3,(H,17,18)/b5-3+. The molecular formula is C13H11BrN2O2. The number of halogens is 1. The summed E-state index contributed by atoms with van der Waals surface area (Å²) in [5.74, 6) is -0.968. The Bertz CT molecular complexity index is 617. The SMILES string of the molecule is Cc1ccc(-n2cc(Br)cn2)c(/C=C/C(=O)O)c1. The molecule has 4 nitrogen and oxygen atoms in total. The second kappa shape index (κ2) is 5.18. The normalized spacial score (nSPS) is 11.0. The lowest BCUT2D eigenvalue weighted by Gasteiger charge is -2.07. The maximum Gasteiger partial charge on any atom is 0.328 e. The molecule has 18 heavy (non-hydrogen) atoms. The number of hydrogen-bond donors (Lipinski definition) is 1. The summed E-state index contributed by atoms with van der Waals surface area (Å²) in [6, 6.07) is 5.80. The van der Waals surface area contributed by atoms with E-state index in [9.17, 15) is 4.79 Å². The number of benzene rings is 1. The Morgan fingerprint density at radius 2 is 2.28 bits per heavy atom. The molecule has 1 aromatic heterocycles. The summed E-state index contributed by atoms with van der Waals surface area (Å²) in [7, 11) is 0. The van der Waals surface area contributed by atoms with Crippen LogP contribution in [0.3, 0.4) is 0 Å². The minimum Gasteiger partial charge on any atom is -0.478 e. The van der Waals surface area contributed by atoms with Gasteiger partial charge in [-0.2, -0.15) is 5.10 Å². The highest BCUT2D eigenvalue weighted by Gasteiger charge is 2.04. The second-order valence-electron chi connectivity index (χ2n) is 3.84. The van der Waals surface area contributed by atoms with Crippen molar-refractivity contribution < 1.29 is 9.90 Å². The van der Waals surface area contributed by atoms with Gasteiger partial charge in [0, 0.05) is 17.8 Å². The Balaban J connectivity index is 2.50. The zero-order valence-electron chi connectivity index (χ0n) is 9.67. The fourth-order valence-corrected chi connectivity index (χ4v) is 1.90. The molecule has 0 fully saturated rings. The molecule has 0 unspecified atom stereocenters. The van der Waals surface area contributed by atoms with Gasteiger partial charge in [-0.3, -0.25) is 0 Å². The third-order valence-corrected chi connectivity index (χ3v) is 2.80. The quantitative estimate of drug-likeness (QED) is 0.887. The van der Waals surface area contributed by atoms with Crippen molar-refractivity contribution in [3.05, 3.63) is 52.3 Å². The fourth-order valence-electron chi connectivity index (χ4n) is 1.61. The lowest BCUT2D eigenvalue weighted by atomic mass is 10.1. The number of aliphatic carboxylic acids is 1. The van der Waals surface area contributed by atoms with Crippen LogP contribution in [0.15, 0.2) is 41.1 Å². The van der Waals surface area contributed by atoms with Crippen LogP contribution in [0, 0.1) is 6.92 Å². The van der Waals surface area contributed by atoms with Gasteiger partial charge in [0.2, 0.25) is 0 Å². The van der Waals surface area contributed by atoms with Crippen molar-refractivity contribution in [3.63, 3.8) is 0 Å². The van der Waals surface area contributed by atoms with E-state index in [1.165, 1.54) is 0 Å². The van der Waals surface area contributed by atoms with Crippen molar-refractivity contribution in [2.45, 2.75) is 6.92 Å². The molecule has 0 aliphatic carbocycles. The predicted molar refractivity (Wildman–Crippen MR) is 72.7 cm³/mol. The summed E-state index contributed by atoms with van der Waals surface area (Å²) in [5.41, 5.74) is 2.71. The fraction of sp³-hybridized carbons (Fsp3) is 0.0769. The van der Waals surface area contributed by atoms with Gasteiger partial charge < -0.3 is 5.11 Å². The number of carboxylic acid groups (broad SMARTS) is 1. The molecule has 5 heteroatoms. The Morgan fingerprint density at radius 3 is 2.89 bits per heavy atom. The molecule has 1 heterocycles. The van der Waals surface area contributed by atoms with E-state index < -0.39 is 5.97 Å². The van der Waals surface area contributed by atoms with Crippen molar-refractivity contribution in [1.29, 1.82) is 0 Å². The molecule has 0 aliphatic heterocycles. The maximum atomic E-state index is 10.6. The van der Waals surface area contributed by atoms with Gasteiger partial charge in [-0.15, -0.1) is 0 Å². The Morgan fingerprint density at radius 1 is 1.50 bits per heavy atom. The molecule has 0 radical (unpaired) electrons. The Hall–Kier alpha value is -1.88. The molecule has 1 N–H and O–H groups in total. The van der Waals surface area contributed by atoms with Gasteiger partial charge in [-0.05, 0) is 41.1 Å². The molecule has 2 rings (SSSR count). The van der Waals surface area contributed by atoms with E-state index in [1.807, 2.05) is 31.3 Å². The number of rotatable bonds is 3. The van der Waals surface area contributed by atoms with Gasteiger partial charge in [-0.25, -0.2) is 9.48 Å². The molecule has 92 valence electrons. The molecule has 0 bridgehead atoms. The van der Waals surface area contributed by atoms with Crippen LogP contribution in [-0.2, 0) is 4.79 Å². The highest BCUT2D eigenvalue weighted by atomic mass is 79.9. The summed E-state index contributed by atoms with van der Waals surface area (Å²) >= 11 is 3.34. The molecule has 0 spiro atoms. The van der Waals surface area contributed by atoms with E-state index in [-0.39, 0.29) is 0 Å². The molecule has 0 atom stereocenters. The van der Waals surface area contributed by atoms with Crippen molar-refractivity contribution in [1.82, 2.24) is 9.78 Å². The van der Waals surface area contributed by atoms with Gasteiger partial charge in [-0.1, -0.05) is 11.6 Å². The van der Waals surface area contributed by atoms with Crippen LogP contribution in [0.4, 0.5) is 0 Å².